The van der Waals surface area contributed by atoms with Crippen molar-refractivity contribution < 1.29 is 22.7 Å². The van der Waals surface area contributed by atoms with Gasteiger partial charge in [-0.3, -0.25) is 9.59 Å². The lowest BCUT2D eigenvalue weighted by Crippen LogP contribution is -2.28. The van der Waals surface area contributed by atoms with Gasteiger partial charge >= 0.3 is 5.97 Å². The fourth-order valence-electron chi connectivity index (χ4n) is 3.58. The maximum Gasteiger partial charge on any atom is 0.309 e. The zero-order chi connectivity index (χ0) is 19.3. The van der Waals surface area contributed by atoms with Gasteiger partial charge < -0.3 is 10.1 Å². The van der Waals surface area contributed by atoms with Crippen LogP contribution in [0.2, 0.25) is 0 Å². The number of carbonyl (C=O) groups is 2. The van der Waals surface area contributed by atoms with E-state index in [2.05, 4.69) is 5.32 Å². The van der Waals surface area contributed by atoms with Gasteiger partial charge in [0.25, 0.3) is 5.91 Å². The number of hydrogen-bond acceptors (Lipinski definition) is 5. The number of ether oxygens (including phenoxy) is 1. The van der Waals surface area contributed by atoms with Crippen LogP contribution in [0.3, 0.4) is 0 Å². The first-order valence-electron chi connectivity index (χ1n) is 9.53. The summed E-state index contributed by atoms with van der Waals surface area (Å²) in [5.74, 6) is -0.840. The molecule has 0 radical (unpaired) electrons. The third-order valence-electron chi connectivity index (χ3n) is 5.12. The van der Waals surface area contributed by atoms with Crippen molar-refractivity contribution in [3.8, 4) is 0 Å². The molecule has 1 saturated carbocycles. The minimum absolute atomic E-state index is 0.0957. The molecule has 148 valence electrons. The highest BCUT2D eigenvalue weighted by Crippen LogP contribution is 2.25. The van der Waals surface area contributed by atoms with Crippen molar-refractivity contribution in [2.24, 2.45) is 5.92 Å². The standard InChI is InChI=1S/C19H26N2O5S/c22-18(14-26-19(23)15-6-2-1-3-7-15)20-16-8-10-17(11-9-16)27(24,25)21-12-4-5-13-21/h8-11,15H,1-7,12-14H2,(H,20,22). The molecule has 1 amide bonds. The average Bonchev–Trinajstić information content (AvgIpc) is 3.23. The lowest BCUT2D eigenvalue weighted by Gasteiger charge is -2.19. The van der Waals surface area contributed by atoms with E-state index < -0.39 is 15.9 Å². The van der Waals surface area contributed by atoms with Gasteiger partial charge in [0.2, 0.25) is 10.0 Å². The van der Waals surface area contributed by atoms with Crippen molar-refractivity contribution >= 4 is 27.6 Å². The maximum absolute atomic E-state index is 12.5. The maximum atomic E-state index is 12.5. The molecule has 1 aromatic rings. The second-order valence-corrected chi connectivity index (χ2v) is 9.06. The van der Waals surface area contributed by atoms with Crippen LogP contribution < -0.4 is 5.32 Å². The summed E-state index contributed by atoms with van der Waals surface area (Å²) in [7, 11) is -3.47. The molecule has 1 aromatic carbocycles. The van der Waals surface area contributed by atoms with Gasteiger partial charge in [0, 0.05) is 18.8 Å². The van der Waals surface area contributed by atoms with Crippen LogP contribution in [-0.2, 0) is 24.3 Å². The summed E-state index contributed by atoms with van der Waals surface area (Å²) in [4.78, 5) is 24.2. The molecule has 0 spiro atoms. The van der Waals surface area contributed by atoms with Crippen molar-refractivity contribution in [3.05, 3.63) is 24.3 Å². The Kier molecular flexibility index (Phi) is 6.49. The molecule has 2 aliphatic rings. The predicted molar refractivity (Wildman–Crippen MR) is 101 cm³/mol. The molecule has 1 heterocycles. The lowest BCUT2D eigenvalue weighted by atomic mass is 9.89. The number of amides is 1. The molecular formula is C19H26N2O5S. The van der Waals surface area contributed by atoms with E-state index in [1.807, 2.05) is 0 Å². The van der Waals surface area contributed by atoms with E-state index in [4.69, 9.17) is 4.74 Å². The van der Waals surface area contributed by atoms with Crippen LogP contribution in [0.15, 0.2) is 29.2 Å². The molecule has 7 nitrogen and oxygen atoms in total. The molecule has 0 atom stereocenters. The van der Waals surface area contributed by atoms with Crippen molar-refractivity contribution in [1.82, 2.24) is 4.31 Å². The number of nitrogens with zero attached hydrogens (tertiary/aromatic N) is 1. The highest BCUT2D eigenvalue weighted by atomic mass is 32.2. The third kappa shape index (κ3) is 5.07. The number of carbonyl (C=O) groups excluding carboxylic acids is 2. The van der Waals surface area contributed by atoms with Crippen LogP contribution in [0.5, 0.6) is 0 Å². The van der Waals surface area contributed by atoms with E-state index in [1.54, 1.807) is 12.1 Å². The molecule has 1 saturated heterocycles. The smallest absolute Gasteiger partial charge is 0.309 e. The largest absolute Gasteiger partial charge is 0.455 e. The van der Waals surface area contributed by atoms with E-state index in [0.717, 1.165) is 44.9 Å². The van der Waals surface area contributed by atoms with Crippen LogP contribution in [0, 0.1) is 5.92 Å². The minimum atomic E-state index is -3.47. The van der Waals surface area contributed by atoms with Crippen molar-refractivity contribution in [2.75, 3.05) is 25.0 Å². The van der Waals surface area contributed by atoms with Gasteiger partial charge in [-0.05, 0) is 49.9 Å². The molecule has 1 aliphatic heterocycles. The molecule has 1 aliphatic carbocycles. The van der Waals surface area contributed by atoms with Crippen molar-refractivity contribution in [1.29, 1.82) is 0 Å². The summed E-state index contributed by atoms with van der Waals surface area (Å²) in [6.45, 7) is 0.767. The molecule has 3 rings (SSSR count). The Morgan fingerprint density at radius 3 is 2.26 bits per heavy atom. The lowest BCUT2D eigenvalue weighted by molar-refractivity contribution is -0.152. The molecule has 2 fully saturated rings. The second-order valence-electron chi connectivity index (χ2n) is 7.13. The van der Waals surface area contributed by atoms with Gasteiger partial charge in [0.1, 0.15) is 0 Å². The van der Waals surface area contributed by atoms with E-state index in [0.29, 0.717) is 18.8 Å². The van der Waals surface area contributed by atoms with Gasteiger partial charge in [-0.2, -0.15) is 4.31 Å². The average molecular weight is 394 g/mol. The van der Waals surface area contributed by atoms with Crippen molar-refractivity contribution in [3.63, 3.8) is 0 Å². The second kappa shape index (κ2) is 8.84. The molecule has 0 unspecified atom stereocenters. The first kappa shape index (κ1) is 19.8. The van der Waals surface area contributed by atoms with Gasteiger partial charge in [-0.25, -0.2) is 8.42 Å². The van der Waals surface area contributed by atoms with Gasteiger partial charge in [-0.1, -0.05) is 19.3 Å². The predicted octanol–water partition coefficient (Wildman–Crippen LogP) is 2.53. The van der Waals surface area contributed by atoms with E-state index in [-0.39, 0.29) is 23.4 Å². The zero-order valence-corrected chi connectivity index (χ0v) is 16.2. The number of esters is 1. The summed E-state index contributed by atoms with van der Waals surface area (Å²) < 4.78 is 31.5. The summed E-state index contributed by atoms with van der Waals surface area (Å²) in [5.41, 5.74) is 0.467. The molecule has 0 bridgehead atoms. The Hall–Kier alpha value is -1.93. The SMILES string of the molecule is O=C(COC(=O)C1CCCCC1)Nc1ccc(S(=O)(=O)N2CCCC2)cc1. The summed E-state index contributed by atoms with van der Waals surface area (Å²) >= 11 is 0. The molecule has 8 heteroatoms. The Labute approximate surface area is 160 Å². The Bertz CT molecular complexity index is 764. The summed E-state index contributed by atoms with van der Waals surface area (Å²) in [6, 6.07) is 6.06. The zero-order valence-electron chi connectivity index (χ0n) is 15.4. The van der Waals surface area contributed by atoms with E-state index in [9.17, 15) is 18.0 Å². The fourth-order valence-corrected chi connectivity index (χ4v) is 5.09. The summed E-state index contributed by atoms with van der Waals surface area (Å²) in [5, 5.41) is 2.62. The van der Waals surface area contributed by atoms with Crippen molar-refractivity contribution in [2.45, 2.75) is 49.8 Å². The van der Waals surface area contributed by atoms with E-state index >= 15 is 0 Å². The highest BCUT2D eigenvalue weighted by molar-refractivity contribution is 7.89. The molecule has 1 N–H and O–H groups in total. The van der Waals surface area contributed by atoms with Gasteiger partial charge in [0.05, 0.1) is 10.8 Å². The molecule has 0 aromatic heterocycles. The van der Waals surface area contributed by atoms with Gasteiger partial charge in [-0.15, -0.1) is 0 Å². The summed E-state index contributed by atoms with van der Waals surface area (Å²) in [6.07, 6.45) is 6.62. The Balaban J connectivity index is 1.50. The molecule has 27 heavy (non-hydrogen) atoms. The first-order chi connectivity index (χ1) is 13.0. The number of benzene rings is 1. The van der Waals surface area contributed by atoms with Crippen LogP contribution >= 0.6 is 0 Å². The third-order valence-corrected chi connectivity index (χ3v) is 7.04. The number of anilines is 1. The highest BCUT2D eigenvalue weighted by Gasteiger charge is 2.27. The van der Waals surface area contributed by atoms with Crippen LogP contribution in [0.4, 0.5) is 5.69 Å². The Morgan fingerprint density at radius 2 is 1.63 bits per heavy atom. The topological polar surface area (TPSA) is 92.8 Å². The number of nitrogens with one attached hydrogen (secondary N) is 1. The monoisotopic (exact) mass is 394 g/mol. The number of sulfonamides is 1. The number of rotatable bonds is 6. The minimum Gasteiger partial charge on any atom is -0.455 e. The Morgan fingerprint density at radius 1 is 1.00 bits per heavy atom. The quantitative estimate of drug-likeness (QED) is 0.749. The molecular weight excluding hydrogens is 368 g/mol. The van der Waals surface area contributed by atoms with Gasteiger partial charge in [0.15, 0.2) is 6.61 Å². The number of hydrogen-bond donors (Lipinski definition) is 1. The van der Waals surface area contributed by atoms with Crippen LogP contribution in [-0.4, -0.2) is 44.3 Å². The van der Waals surface area contributed by atoms with Crippen LogP contribution in [0.1, 0.15) is 44.9 Å². The normalized spacial score (nSPS) is 19.0. The van der Waals surface area contributed by atoms with E-state index in [1.165, 1.54) is 16.4 Å². The first-order valence-corrected chi connectivity index (χ1v) is 11.0. The van der Waals surface area contributed by atoms with Crippen LogP contribution in [0.25, 0.3) is 0 Å². The fraction of sp³-hybridized carbons (Fsp3) is 0.579.